The quantitative estimate of drug-likeness (QED) is 0.774. The number of nitrogens with one attached hydrogen (secondary N) is 3. The second-order valence-corrected chi connectivity index (χ2v) is 5.32. The number of rotatable bonds is 5. The highest BCUT2D eigenvalue weighted by atomic mass is 16.5. The Bertz CT molecular complexity index is 729. The van der Waals surface area contributed by atoms with E-state index in [9.17, 15) is 9.59 Å². The van der Waals surface area contributed by atoms with E-state index in [2.05, 4.69) is 20.6 Å². The molecule has 0 radical (unpaired) electrons. The average Bonchev–Trinajstić information content (AvgIpc) is 3.08. The molecule has 0 unspecified atom stereocenters. The van der Waals surface area contributed by atoms with Gasteiger partial charge in [0.15, 0.2) is 6.61 Å². The van der Waals surface area contributed by atoms with Crippen LogP contribution in [-0.4, -0.2) is 41.6 Å². The molecule has 2 heterocycles. The van der Waals surface area contributed by atoms with Crippen LogP contribution < -0.4 is 20.3 Å². The number of carbonyl (C=O) groups is 2. The number of ether oxygens (including phenoxy) is 1. The number of anilines is 2. The smallest absolute Gasteiger partial charge is 0.319 e. The van der Waals surface area contributed by atoms with Crippen LogP contribution in [0.15, 0.2) is 30.7 Å². The lowest BCUT2D eigenvalue weighted by Crippen LogP contribution is -2.38. The molecule has 3 N–H and O–H groups in total. The van der Waals surface area contributed by atoms with Crippen LogP contribution in [0.5, 0.6) is 5.75 Å². The summed E-state index contributed by atoms with van der Waals surface area (Å²) in [7, 11) is 0. The van der Waals surface area contributed by atoms with Crippen LogP contribution in [0, 0.1) is 0 Å². The Morgan fingerprint density at radius 2 is 2.33 bits per heavy atom. The Morgan fingerprint density at radius 1 is 1.46 bits per heavy atom. The largest absolute Gasteiger partial charge is 0.482 e. The predicted molar refractivity (Wildman–Crippen MR) is 89.3 cm³/mol. The minimum Gasteiger partial charge on any atom is -0.482 e. The van der Waals surface area contributed by atoms with Gasteiger partial charge in [0, 0.05) is 37.1 Å². The fourth-order valence-corrected chi connectivity index (χ4v) is 2.53. The highest BCUT2D eigenvalue weighted by molar-refractivity contribution is 5.99. The molecule has 0 saturated carbocycles. The Labute approximate surface area is 139 Å². The molecule has 1 aromatic heterocycles. The maximum atomic E-state index is 12.0. The molecule has 0 fully saturated rings. The zero-order chi connectivity index (χ0) is 16.9. The summed E-state index contributed by atoms with van der Waals surface area (Å²) in [6, 6.07) is 4.94. The van der Waals surface area contributed by atoms with Crippen molar-refractivity contribution < 1.29 is 14.3 Å². The van der Waals surface area contributed by atoms with Gasteiger partial charge in [0.25, 0.3) is 5.91 Å². The normalized spacial score (nSPS) is 13.2. The molecule has 8 heteroatoms. The van der Waals surface area contributed by atoms with Crippen molar-refractivity contribution in [2.45, 2.75) is 13.3 Å². The third-order valence-electron chi connectivity index (χ3n) is 3.71. The Morgan fingerprint density at radius 3 is 3.08 bits per heavy atom. The number of carbonyl (C=O) groups excluding carboxylic acids is 2. The minimum absolute atomic E-state index is 0.0434. The summed E-state index contributed by atoms with van der Waals surface area (Å²) in [6.45, 7) is 2.98. The first kappa shape index (κ1) is 15.9. The maximum Gasteiger partial charge on any atom is 0.319 e. The zero-order valence-electron chi connectivity index (χ0n) is 13.3. The molecule has 8 nitrogen and oxygen atoms in total. The molecule has 1 aliphatic rings. The van der Waals surface area contributed by atoms with E-state index >= 15 is 0 Å². The van der Waals surface area contributed by atoms with Crippen molar-refractivity contribution in [3.63, 3.8) is 0 Å². The molecule has 0 bridgehead atoms. The first-order valence-electron chi connectivity index (χ1n) is 7.76. The van der Waals surface area contributed by atoms with Crippen molar-refractivity contribution in [1.29, 1.82) is 0 Å². The number of aromatic amines is 1. The number of amides is 3. The van der Waals surface area contributed by atoms with Crippen molar-refractivity contribution >= 4 is 23.3 Å². The van der Waals surface area contributed by atoms with Gasteiger partial charge < -0.3 is 25.3 Å². The van der Waals surface area contributed by atoms with Gasteiger partial charge in [-0.15, -0.1) is 0 Å². The fourth-order valence-electron chi connectivity index (χ4n) is 2.53. The van der Waals surface area contributed by atoms with Crippen molar-refractivity contribution in [2.24, 2.45) is 0 Å². The summed E-state index contributed by atoms with van der Waals surface area (Å²) in [5.41, 5.74) is 2.23. The highest BCUT2D eigenvalue weighted by Crippen LogP contribution is 2.34. The van der Waals surface area contributed by atoms with Crippen LogP contribution in [-0.2, 0) is 11.2 Å². The van der Waals surface area contributed by atoms with E-state index in [4.69, 9.17) is 4.74 Å². The van der Waals surface area contributed by atoms with Gasteiger partial charge in [-0.1, -0.05) is 0 Å². The molecule has 3 amide bonds. The molecule has 0 saturated heterocycles. The number of benzene rings is 1. The van der Waals surface area contributed by atoms with E-state index in [0.717, 1.165) is 5.69 Å². The van der Waals surface area contributed by atoms with Crippen LogP contribution in [0.1, 0.15) is 12.6 Å². The Balaban J connectivity index is 1.60. The predicted octanol–water partition coefficient (Wildman–Crippen LogP) is 1.52. The third-order valence-corrected chi connectivity index (χ3v) is 3.71. The van der Waals surface area contributed by atoms with Crippen LogP contribution >= 0.6 is 0 Å². The third kappa shape index (κ3) is 3.48. The Kier molecular flexibility index (Phi) is 4.64. The van der Waals surface area contributed by atoms with Crippen molar-refractivity contribution in [3.8, 4) is 5.75 Å². The average molecular weight is 329 g/mol. The standard InChI is InChI=1S/C16H19N5O3/c1-2-21-13-7-11(3-4-14(13)24-9-15(21)22)20-16(23)18-6-5-12-8-17-10-19-12/h3-4,7-8,10H,2,5-6,9H2,1H3,(H,17,19)(H2,18,20,23). The number of fused-ring (bicyclic) bond motifs is 1. The molecule has 1 aromatic carbocycles. The topological polar surface area (TPSA) is 99.3 Å². The SMILES string of the molecule is CCN1C(=O)COc2ccc(NC(=O)NCCc3cnc[nH]3)cc21. The van der Waals surface area contributed by atoms with Crippen LogP contribution in [0.25, 0.3) is 0 Å². The Hall–Kier alpha value is -3.03. The van der Waals surface area contributed by atoms with Gasteiger partial charge in [-0.25, -0.2) is 9.78 Å². The number of hydrogen-bond donors (Lipinski definition) is 3. The molecule has 24 heavy (non-hydrogen) atoms. The van der Waals surface area contributed by atoms with Gasteiger partial charge in [0.1, 0.15) is 5.75 Å². The van der Waals surface area contributed by atoms with Gasteiger partial charge in [0.2, 0.25) is 0 Å². The van der Waals surface area contributed by atoms with E-state index in [0.29, 0.717) is 36.6 Å². The van der Waals surface area contributed by atoms with E-state index in [1.54, 1.807) is 35.6 Å². The second kappa shape index (κ2) is 7.03. The number of urea groups is 1. The van der Waals surface area contributed by atoms with Gasteiger partial charge in [-0.2, -0.15) is 0 Å². The van der Waals surface area contributed by atoms with Crippen LogP contribution in [0.2, 0.25) is 0 Å². The lowest BCUT2D eigenvalue weighted by Gasteiger charge is -2.28. The van der Waals surface area contributed by atoms with Crippen LogP contribution in [0.3, 0.4) is 0 Å². The summed E-state index contributed by atoms with van der Waals surface area (Å²) >= 11 is 0. The lowest BCUT2D eigenvalue weighted by atomic mass is 10.2. The molecule has 2 aromatic rings. The number of nitrogens with zero attached hydrogens (tertiary/aromatic N) is 2. The van der Waals surface area contributed by atoms with Crippen molar-refractivity contribution in [2.75, 3.05) is 29.9 Å². The number of imidazole rings is 1. The van der Waals surface area contributed by atoms with Crippen molar-refractivity contribution in [1.82, 2.24) is 15.3 Å². The summed E-state index contributed by atoms with van der Waals surface area (Å²) < 4.78 is 5.41. The molecular formula is C16H19N5O3. The van der Waals surface area contributed by atoms with E-state index in [1.165, 1.54) is 0 Å². The molecule has 126 valence electrons. The lowest BCUT2D eigenvalue weighted by molar-refractivity contribution is -0.121. The number of likely N-dealkylation sites (N-methyl/N-ethyl adjacent to an activating group) is 1. The van der Waals surface area contributed by atoms with Crippen molar-refractivity contribution in [3.05, 3.63) is 36.4 Å². The first-order valence-corrected chi connectivity index (χ1v) is 7.76. The van der Waals surface area contributed by atoms with E-state index in [-0.39, 0.29) is 18.5 Å². The fraction of sp³-hybridized carbons (Fsp3) is 0.312. The number of H-pyrrole nitrogens is 1. The van der Waals surface area contributed by atoms with Gasteiger partial charge >= 0.3 is 6.03 Å². The zero-order valence-corrected chi connectivity index (χ0v) is 13.3. The molecule has 1 aliphatic heterocycles. The van der Waals surface area contributed by atoms with Gasteiger partial charge in [-0.05, 0) is 25.1 Å². The summed E-state index contributed by atoms with van der Waals surface area (Å²) in [5.74, 6) is 0.549. The van der Waals surface area contributed by atoms with E-state index < -0.39 is 0 Å². The number of hydrogen-bond acceptors (Lipinski definition) is 4. The molecule has 0 spiro atoms. The number of aromatic nitrogens is 2. The maximum absolute atomic E-state index is 12.0. The van der Waals surface area contributed by atoms with E-state index in [1.807, 2.05) is 6.92 Å². The monoisotopic (exact) mass is 329 g/mol. The summed E-state index contributed by atoms with van der Waals surface area (Å²) in [4.78, 5) is 32.4. The molecular weight excluding hydrogens is 310 g/mol. The molecule has 0 atom stereocenters. The van der Waals surface area contributed by atoms with Gasteiger partial charge in [0.05, 0.1) is 12.0 Å². The highest BCUT2D eigenvalue weighted by Gasteiger charge is 2.24. The minimum atomic E-state index is -0.305. The van der Waals surface area contributed by atoms with Gasteiger partial charge in [-0.3, -0.25) is 4.79 Å². The summed E-state index contributed by atoms with van der Waals surface area (Å²) in [6.07, 6.45) is 3.99. The molecule has 3 rings (SSSR count). The first-order chi connectivity index (χ1) is 11.7. The second-order valence-electron chi connectivity index (χ2n) is 5.32. The summed E-state index contributed by atoms with van der Waals surface area (Å²) in [5, 5.41) is 5.54. The molecule has 0 aliphatic carbocycles. The van der Waals surface area contributed by atoms with Crippen LogP contribution in [0.4, 0.5) is 16.2 Å².